The molecule has 0 bridgehead atoms. The minimum absolute atomic E-state index is 0.144. The summed E-state index contributed by atoms with van der Waals surface area (Å²) in [7, 11) is 0. The number of alkyl halides is 2. The van der Waals surface area contributed by atoms with Gasteiger partial charge >= 0.3 is 17.6 Å². The molecule has 0 aromatic carbocycles. The number of aromatic nitrogens is 2. The average molecular weight is 376 g/mol. The summed E-state index contributed by atoms with van der Waals surface area (Å²) < 4.78 is 39.2. The number of nitrogen functional groups attached to an aromatic ring is 1. The van der Waals surface area contributed by atoms with Crippen molar-refractivity contribution in [1.82, 2.24) is 9.55 Å². The molecule has 1 aromatic heterocycles. The number of halogens is 2. The number of aliphatic hydroxyl groups excluding tert-OH is 1. The van der Waals surface area contributed by atoms with Crippen molar-refractivity contribution in [3.8, 4) is 0 Å². The van der Waals surface area contributed by atoms with Gasteiger partial charge in [0.05, 0.1) is 0 Å². The van der Waals surface area contributed by atoms with E-state index in [0.29, 0.717) is 4.57 Å². The molecular formula is C15H22F2N4O5. The molecule has 2 heterocycles. The van der Waals surface area contributed by atoms with Crippen LogP contribution >= 0.6 is 0 Å². The van der Waals surface area contributed by atoms with Gasteiger partial charge in [0.1, 0.15) is 24.6 Å². The largest absolute Gasteiger partial charge is 0.462 e. The van der Waals surface area contributed by atoms with Crippen LogP contribution in [0.3, 0.4) is 0 Å². The third-order valence-electron chi connectivity index (χ3n) is 4.06. The Bertz CT molecular complexity index is 733. The number of hydrogen-bond donors (Lipinski definition) is 3. The molecule has 5 N–H and O–H groups in total. The molecule has 1 aliphatic heterocycles. The van der Waals surface area contributed by atoms with Gasteiger partial charge in [0.2, 0.25) is 6.23 Å². The monoisotopic (exact) mass is 376 g/mol. The van der Waals surface area contributed by atoms with Gasteiger partial charge in [0, 0.05) is 6.20 Å². The summed E-state index contributed by atoms with van der Waals surface area (Å²) in [5, 5.41) is 9.85. The van der Waals surface area contributed by atoms with E-state index in [1.165, 1.54) is 0 Å². The van der Waals surface area contributed by atoms with Gasteiger partial charge in [0.25, 0.3) is 0 Å². The smallest absolute Gasteiger partial charge is 0.351 e. The Morgan fingerprint density at radius 2 is 2.15 bits per heavy atom. The molecule has 1 fully saturated rings. The molecule has 9 nitrogen and oxygen atoms in total. The number of rotatable bonds is 4. The van der Waals surface area contributed by atoms with Crippen molar-refractivity contribution in [2.45, 2.75) is 51.2 Å². The second kappa shape index (κ2) is 6.89. The van der Waals surface area contributed by atoms with E-state index in [1.54, 1.807) is 20.8 Å². The van der Waals surface area contributed by atoms with Crippen molar-refractivity contribution in [3.63, 3.8) is 0 Å². The van der Waals surface area contributed by atoms with Crippen LogP contribution < -0.4 is 17.2 Å². The molecule has 1 saturated heterocycles. The fourth-order valence-electron chi connectivity index (χ4n) is 2.32. The molecular weight excluding hydrogens is 354 g/mol. The lowest BCUT2D eigenvalue weighted by Gasteiger charge is -2.25. The van der Waals surface area contributed by atoms with Crippen molar-refractivity contribution in [2.24, 2.45) is 11.1 Å². The van der Waals surface area contributed by atoms with Gasteiger partial charge < -0.3 is 26.0 Å². The molecule has 146 valence electrons. The quantitative estimate of drug-likeness (QED) is 0.605. The second-order valence-electron chi connectivity index (χ2n) is 7.16. The first kappa shape index (κ1) is 20.2. The van der Waals surface area contributed by atoms with E-state index in [9.17, 15) is 23.5 Å². The van der Waals surface area contributed by atoms with E-state index < -0.39 is 54.1 Å². The summed E-state index contributed by atoms with van der Waals surface area (Å²) in [5.74, 6) is -4.77. The first-order chi connectivity index (χ1) is 11.9. The van der Waals surface area contributed by atoms with E-state index >= 15 is 0 Å². The van der Waals surface area contributed by atoms with Crippen LogP contribution in [0.1, 0.15) is 27.0 Å². The minimum Gasteiger partial charge on any atom is -0.462 e. The van der Waals surface area contributed by atoms with Gasteiger partial charge in [-0.25, -0.2) is 4.79 Å². The van der Waals surface area contributed by atoms with Gasteiger partial charge in [-0.05, 0) is 11.5 Å². The van der Waals surface area contributed by atoms with E-state index in [2.05, 4.69) is 4.98 Å². The molecule has 1 aliphatic rings. The summed E-state index contributed by atoms with van der Waals surface area (Å²) in [6, 6.07) is 0.157. The van der Waals surface area contributed by atoms with Crippen LogP contribution in [0.5, 0.6) is 0 Å². The van der Waals surface area contributed by atoms with Crippen LogP contribution in [0.4, 0.5) is 14.6 Å². The van der Waals surface area contributed by atoms with Crippen molar-refractivity contribution in [1.29, 1.82) is 0 Å². The molecule has 0 spiro atoms. The Morgan fingerprint density at radius 3 is 2.69 bits per heavy atom. The molecule has 4 atom stereocenters. The van der Waals surface area contributed by atoms with E-state index in [4.69, 9.17) is 20.9 Å². The third kappa shape index (κ3) is 3.84. The standard InChI is InChI=1S/C15H22F2N4O5/c1-14(2,3)9(19)11(23)25-6-7-10(22)15(16,17)12(26-7)21-5-4-8(18)20-13(21)24/h4-5,7,9-10,12,22H,6,19H2,1-3H3,(H2,18,20,24)/t7-,9-,10-,12-/m1/s1. The maximum Gasteiger partial charge on any atom is 0.351 e. The zero-order chi connectivity index (χ0) is 19.9. The zero-order valence-electron chi connectivity index (χ0n) is 14.6. The van der Waals surface area contributed by atoms with Crippen molar-refractivity contribution in [3.05, 3.63) is 22.7 Å². The third-order valence-corrected chi connectivity index (χ3v) is 4.06. The summed E-state index contributed by atoms with van der Waals surface area (Å²) in [6.07, 6.45) is -4.97. The molecule has 0 saturated carbocycles. The zero-order valence-corrected chi connectivity index (χ0v) is 14.6. The topological polar surface area (TPSA) is 143 Å². The summed E-state index contributed by atoms with van der Waals surface area (Å²) in [6.45, 7) is 4.49. The Labute approximate surface area is 147 Å². The number of nitrogens with zero attached hydrogens (tertiary/aromatic N) is 2. The highest BCUT2D eigenvalue weighted by molar-refractivity contribution is 5.76. The Morgan fingerprint density at radius 1 is 1.54 bits per heavy atom. The summed E-state index contributed by atoms with van der Waals surface area (Å²) in [5.41, 5.74) is 9.39. The van der Waals surface area contributed by atoms with E-state index in [0.717, 1.165) is 12.3 Å². The second-order valence-corrected chi connectivity index (χ2v) is 7.16. The van der Waals surface area contributed by atoms with Crippen LogP contribution in [-0.2, 0) is 14.3 Å². The Balaban J connectivity index is 2.13. The number of esters is 1. The van der Waals surface area contributed by atoms with Gasteiger partial charge in [-0.2, -0.15) is 13.8 Å². The number of hydrogen-bond acceptors (Lipinski definition) is 8. The highest BCUT2D eigenvalue weighted by Gasteiger charge is 2.60. The molecule has 0 amide bonds. The fourth-order valence-corrected chi connectivity index (χ4v) is 2.32. The SMILES string of the molecule is CC(C)(C)[C@H](N)C(=O)OC[C@H]1O[C@@H](n2ccc(N)nc2=O)C(F)(F)[C@@H]1O. The van der Waals surface area contributed by atoms with Crippen molar-refractivity contribution in [2.75, 3.05) is 12.3 Å². The number of nitrogens with two attached hydrogens (primary N) is 2. The first-order valence-corrected chi connectivity index (χ1v) is 7.84. The normalized spacial score (nSPS) is 26.5. The summed E-state index contributed by atoms with van der Waals surface area (Å²) in [4.78, 5) is 27.0. The number of aliphatic hydroxyl groups is 1. The van der Waals surface area contributed by atoms with Gasteiger partial charge in [-0.1, -0.05) is 20.8 Å². The molecule has 0 unspecified atom stereocenters. The molecule has 1 aromatic rings. The van der Waals surface area contributed by atoms with Gasteiger partial charge in [-0.15, -0.1) is 0 Å². The number of carbonyl (C=O) groups is 1. The molecule has 26 heavy (non-hydrogen) atoms. The van der Waals surface area contributed by atoms with Crippen LogP contribution in [0.2, 0.25) is 0 Å². The van der Waals surface area contributed by atoms with Crippen LogP contribution in [0.25, 0.3) is 0 Å². The molecule has 2 rings (SSSR count). The summed E-state index contributed by atoms with van der Waals surface area (Å²) >= 11 is 0. The molecule has 0 aliphatic carbocycles. The lowest BCUT2D eigenvalue weighted by Crippen LogP contribution is -2.45. The van der Waals surface area contributed by atoms with Crippen LogP contribution in [-0.4, -0.2) is 51.4 Å². The predicted octanol–water partition coefficient (Wildman–Crippen LogP) is -0.364. The number of ether oxygens (including phenoxy) is 2. The van der Waals surface area contributed by atoms with Gasteiger partial charge in [-0.3, -0.25) is 9.36 Å². The highest BCUT2D eigenvalue weighted by Crippen LogP contribution is 2.42. The molecule has 0 radical (unpaired) electrons. The number of carbonyl (C=O) groups excluding carboxylic acids is 1. The maximum absolute atomic E-state index is 14.3. The fraction of sp³-hybridized carbons (Fsp3) is 0.667. The predicted molar refractivity (Wildman–Crippen MR) is 86.2 cm³/mol. The lowest BCUT2D eigenvalue weighted by atomic mass is 9.87. The van der Waals surface area contributed by atoms with Gasteiger partial charge in [0.15, 0.2) is 6.10 Å². The maximum atomic E-state index is 14.3. The Kier molecular flexibility index (Phi) is 5.36. The van der Waals surface area contributed by atoms with Crippen LogP contribution in [0.15, 0.2) is 17.1 Å². The lowest BCUT2D eigenvalue weighted by molar-refractivity contribution is -0.154. The number of anilines is 1. The van der Waals surface area contributed by atoms with Crippen molar-refractivity contribution >= 4 is 11.8 Å². The van der Waals surface area contributed by atoms with E-state index in [-0.39, 0.29) is 5.82 Å². The Hall–Kier alpha value is -2.11. The van der Waals surface area contributed by atoms with Crippen molar-refractivity contribution < 1.29 is 28.2 Å². The van der Waals surface area contributed by atoms with E-state index in [1.807, 2.05) is 0 Å². The highest BCUT2D eigenvalue weighted by atomic mass is 19.3. The minimum atomic E-state index is -3.81. The first-order valence-electron chi connectivity index (χ1n) is 7.84. The molecule has 11 heteroatoms. The van der Waals surface area contributed by atoms with Crippen LogP contribution in [0, 0.1) is 5.41 Å². The average Bonchev–Trinajstić information content (AvgIpc) is 2.74.